The van der Waals surface area contributed by atoms with Crippen molar-refractivity contribution in [1.82, 2.24) is 10.6 Å². The lowest BCUT2D eigenvalue weighted by Gasteiger charge is -2.10. The molecule has 2 amide bonds. The molecule has 0 aromatic heterocycles. The first-order valence-corrected chi connectivity index (χ1v) is 7.37. The fourth-order valence-electron chi connectivity index (χ4n) is 2.14. The van der Waals surface area contributed by atoms with Crippen molar-refractivity contribution in [1.29, 1.82) is 0 Å². The number of carbonyl (C=O) groups excluding carboxylic acids is 1. The van der Waals surface area contributed by atoms with Gasteiger partial charge in [-0.25, -0.2) is 13.6 Å². The third-order valence-electron chi connectivity index (χ3n) is 3.40. The van der Waals surface area contributed by atoms with Crippen LogP contribution < -0.4 is 10.6 Å². The summed E-state index contributed by atoms with van der Waals surface area (Å²) in [7, 11) is 0. The second kappa shape index (κ2) is 7.96. The SMILES string of the molecule is O=C(NCCc1ccc(F)cc1F)NCc1cccc(C(F)(F)F)c1. The van der Waals surface area contributed by atoms with Crippen LogP contribution >= 0.6 is 0 Å². The number of urea groups is 1. The van der Waals surface area contributed by atoms with Gasteiger partial charge in [-0.2, -0.15) is 13.2 Å². The summed E-state index contributed by atoms with van der Waals surface area (Å²) in [5.41, 5.74) is -0.242. The smallest absolute Gasteiger partial charge is 0.338 e. The fourth-order valence-corrected chi connectivity index (χ4v) is 2.14. The molecule has 0 aliphatic rings. The van der Waals surface area contributed by atoms with Crippen molar-refractivity contribution in [2.45, 2.75) is 19.1 Å². The van der Waals surface area contributed by atoms with Gasteiger partial charge in [0.25, 0.3) is 0 Å². The van der Waals surface area contributed by atoms with Crippen LogP contribution in [0.4, 0.5) is 26.7 Å². The lowest BCUT2D eigenvalue weighted by Crippen LogP contribution is -2.36. The van der Waals surface area contributed by atoms with Gasteiger partial charge in [-0.15, -0.1) is 0 Å². The average Bonchev–Trinajstić information content (AvgIpc) is 2.54. The van der Waals surface area contributed by atoms with Crippen LogP contribution in [0.25, 0.3) is 0 Å². The first-order valence-electron chi connectivity index (χ1n) is 7.37. The molecule has 2 aromatic carbocycles. The summed E-state index contributed by atoms with van der Waals surface area (Å²) in [6, 6.07) is 7.18. The molecule has 0 unspecified atom stereocenters. The normalized spacial score (nSPS) is 11.2. The predicted molar refractivity (Wildman–Crippen MR) is 81.7 cm³/mol. The van der Waals surface area contributed by atoms with Crippen LogP contribution in [0.15, 0.2) is 42.5 Å². The third kappa shape index (κ3) is 5.74. The zero-order chi connectivity index (χ0) is 18.4. The van der Waals surface area contributed by atoms with E-state index in [-0.39, 0.29) is 25.1 Å². The number of amides is 2. The van der Waals surface area contributed by atoms with E-state index in [1.54, 1.807) is 0 Å². The van der Waals surface area contributed by atoms with Gasteiger partial charge in [0.05, 0.1) is 5.56 Å². The van der Waals surface area contributed by atoms with Gasteiger partial charge in [0.1, 0.15) is 11.6 Å². The molecule has 0 atom stereocenters. The number of alkyl halides is 3. The molecule has 0 saturated carbocycles. The molecule has 134 valence electrons. The van der Waals surface area contributed by atoms with E-state index >= 15 is 0 Å². The Kier molecular flexibility index (Phi) is 5.95. The minimum absolute atomic E-state index is 0.0827. The van der Waals surface area contributed by atoms with Gasteiger partial charge in [0.15, 0.2) is 0 Å². The summed E-state index contributed by atoms with van der Waals surface area (Å²) in [4.78, 5) is 11.6. The molecule has 8 heteroatoms. The van der Waals surface area contributed by atoms with E-state index in [0.29, 0.717) is 5.56 Å². The summed E-state index contributed by atoms with van der Waals surface area (Å²) < 4.78 is 64.0. The van der Waals surface area contributed by atoms with Gasteiger partial charge >= 0.3 is 12.2 Å². The maximum Gasteiger partial charge on any atom is 0.416 e. The largest absolute Gasteiger partial charge is 0.416 e. The standard InChI is InChI=1S/C17H15F5N2O/c18-14-5-4-12(15(19)9-14)6-7-23-16(25)24-10-11-2-1-3-13(8-11)17(20,21)22/h1-5,8-9H,6-7,10H2,(H2,23,24,25). The number of halogens is 5. The van der Waals surface area contributed by atoms with Crippen molar-refractivity contribution in [2.75, 3.05) is 6.54 Å². The molecular formula is C17H15F5N2O. The second-order valence-electron chi connectivity index (χ2n) is 5.29. The van der Waals surface area contributed by atoms with Crippen LogP contribution in [0.3, 0.4) is 0 Å². The van der Waals surface area contributed by atoms with Crippen molar-refractivity contribution >= 4 is 6.03 Å². The average molecular weight is 358 g/mol. The maximum absolute atomic E-state index is 13.4. The zero-order valence-electron chi connectivity index (χ0n) is 13.0. The number of carbonyl (C=O) groups is 1. The Morgan fingerprint density at radius 1 is 1.00 bits per heavy atom. The number of benzene rings is 2. The van der Waals surface area contributed by atoms with Crippen LogP contribution in [0.1, 0.15) is 16.7 Å². The monoisotopic (exact) mass is 358 g/mol. The van der Waals surface area contributed by atoms with Crippen molar-refractivity contribution in [3.05, 3.63) is 70.8 Å². The predicted octanol–water partition coefficient (Wildman–Crippen LogP) is 4.03. The first-order chi connectivity index (χ1) is 11.8. The molecule has 2 aromatic rings. The van der Waals surface area contributed by atoms with Crippen molar-refractivity contribution < 1.29 is 26.7 Å². The van der Waals surface area contributed by atoms with Gasteiger partial charge in [-0.05, 0) is 35.7 Å². The summed E-state index contributed by atoms with van der Waals surface area (Å²) in [6.45, 7) is 0.0115. The van der Waals surface area contributed by atoms with E-state index in [9.17, 15) is 26.7 Å². The van der Waals surface area contributed by atoms with Gasteiger partial charge < -0.3 is 10.6 Å². The number of hydrogen-bond donors (Lipinski definition) is 2. The Morgan fingerprint density at radius 3 is 2.44 bits per heavy atom. The Morgan fingerprint density at radius 2 is 1.76 bits per heavy atom. The van der Waals surface area contributed by atoms with E-state index in [4.69, 9.17) is 0 Å². The Balaban J connectivity index is 1.79. The van der Waals surface area contributed by atoms with E-state index in [1.807, 2.05) is 0 Å². The molecule has 0 saturated heterocycles. The Hall–Kier alpha value is -2.64. The molecule has 2 N–H and O–H groups in total. The Labute approximate surface area is 140 Å². The number of hydrogen-bond acceptors (Lipinski definition) is 1. The highest BCUT2D eigenvalue weighted by atomic mass is 19.4. The lowest BCUT2D eigenvalue weighted by atomic mass is 10.1. The number of rotatable bonds is 5. The highest BCUT2D eigenvalue weighted by Gasteiger charge is 2.30. The molecule has 0 fully saturated rings. The van der Waals surface area contributed by atoms with E-state index in [0.717, 1.165) is 24.3 Å². The molecule has 25 heavy (non-hydrogen) atoms. The highest BCUT2D eigenvalue weighted by molar-refractivity contribution is 5.73. The summed E-state index contributed by atoms with van der Waals surface area (Å²) in [5, 5.41) is 4.87. The quantitative estimate of drug-likeness (QED) is 0.779. The molecule has 0 radical (unpaired) electrons. The molecule has 0 heterocycles. The molecule has 3 nitrogen and oxygen atoms in total. The van der Waals surface area contributed by atoms with E-state index < -0.39 is 29.4 Å². The number of nitrogens with one attached hydrogen (secondary N) is 2. The molecule has 0 spiro atoms. The zero-order valence-corrected chi connectivity index (χ0v) is 13.0. The molecule has 2 rings (SSSR count). The van der Waals surface area contributed by atoms with Gasteiger partial charge in [-0.1, -0.05) is 18.2 Å². The van der Waals surface area contributed by atoms with Crippen molar-refractivity contribution in [3.63, 3.8) is 0 Å². The summed E-state index contributed by atoms with van der Waals surface area (Å²) in [6.07, 6.45) is -4.29. The van der Waals surface area contributed by atoms with Crippen LogP contribution in [-0.2, 0) is 19.1 Å². The van der Waals surface area contributed by atoms with E-state index in [2.05, 4.69) is 10.6 Å². The Bertz CT molecular complexity index is 746. The lowest BCUT2D eigenvalue weighted by molar-refractivity contribution is -0.137. The van der Waals surface area contributed by atoms with Gasteiger partial charge in [0, 0.05) is 19.2 Å². The second-order valence-corrected chi connectivity index (χ2v) is 5.29. The van der Waals surface area contributed by atoms with Crippen LogP contribution in [0.5, 0.6) is 0 Å². The minimum Gasteiger partial charge on any atom is -0.338 e. The van der Waals surface area contributed by atoms with Crippen molar-refractivity contribution in [2.24, 2.45) is 0 Å². The summed E-state index contributed by atoms with van der Waals surface area (Å²) >= 11 is 0. The maximum atomic E-state index is 13.4. The molecular weight excluding hydrogens is 343 g/mol. The minimum atomic E-state index is -4.45. The van der Waals surface area contributed by atoms with Crippen molar-refractivity contribution in [3.8, 4) is 0 Å². The van der Waals surface area contributed by atoms with Gasteiger partial charge in [0.2, 0.25) is 0 Å². The van der Waals surface area contributed by atoms with Crippen LogP contribution in [-0.4, -0.2) is 12.6 Å². The summed E-state index contributed by atoms with van der Waals surface area (Å²) in [5.74, 6) is -1.39. The molecule has 0 bridgehead atoms. The third-order valence-corrected chi connectivity index (χ3v) is 3.40. The topological polar surface area (TPSA) is 41.1 Å². The van der Waals surface area contributed by atoms with E-state index in [1.165, 1.54) is 18.2 Å². The molecule has 0 aliphatic heterocycles. The fraction of sp³-hybridized carbons (Fsp3) is 0.235. The molecule has 0 aliphatic carbocycles. The van der Waals surface area contributed by atoms with Crippen LogP contribution in [0, 0.1) is 11.6 Å². The first kappa shape index (κ1) is 18.7. The van der Waals surface area contributed by atoms with Gasteiger partial charge in [-0.3, -0.25) is 0 Å². The highest BCUT2D eigenvalue weighted by Crippen LogP contribution is 2.29. The van der Waals surface area contributed by atoms with Crippen LogP contribution in [0.2, 0.25) is 0 Å².